The van der Waals surface area contributed by atoms with Crippen LogP contribution in [0.3, 0.4) is 0 Å². The highest BCUT2D eigenvalue weighted by atomic mass is 35.5. The maximum atomic E-state index is 13.5. The Morgan fingerprint density at radius 2 is 1.85 bits per heavy atom. The molecule has 2 heterocycles. The molecule has 3 unspecified atom stereocenters. The zero-order valence-corrected chi connectivity index (χ0v) is 19.8. The summed E-state index contributed by atoms with van der Waals surface area (Å²) in [6, 6.07) is 14.2. The fraction of sp³-hybridized carbons (Fsp3) is 0.423. The zero-order valence-electron chi connectivity index (χ0n) is 19.0. The van der Waals surface area contributed by atoms with Crippen molar-refractivity contribution in [2.45, 2.75) is 44.2 Å². The van der Waals surface area contributed by atoms with E-state index in [2.05, 4.69) is 10.6 Å². The highest BCUT2D eigenvalue weighted by Crippen LogP contribution is 2.41. The Morgan fingerprint density at radius 1 is 1.06 bits per heavy atom. The van der Waals surface area contributed by atoms with Gasteiger partial charge in [0.15, 0.2) is 0 Å². The number of hydrogen-bond acceptors (Lipinski definition) is 4. The van der Waals surface area contributed by atoms with Crippen LogP contribution in [0.5, 0.6) is 0 Å². The number of carbonyl (C=O) groups is 3. The third-order valence-electron chi connectivity index (χ3n) is 7.24. The lowest BCUT2D eigenvalue weighted by Crippen LogP contribution is -2.48. The van der Waals surface area contributed by atoms with E-state index in [-0.39, 0.29) is 30.3 Å². The smallest absolute Gasteiger partial charge is 0.254 e. The fourth-order valence-electron chi connectivity index (χ4n) is 5.63. The molecule has 3 aliphatic rings. The van der Waals surface area contributed by atoms with Crippen LogP contribution >= 0.6 is 11.6 Å². The maximum Gasteiger partial charge on any atom is 0.254 e. The number of fused-ring (bicyclic) bond motifs is 1. The Morgan fingerprint density at radius 3 is 2.62 bits per heavy atom. The van der Waals surface area contributed by atoms with Gasteiger partial charge in [0.05, 0.1) is 17.3 Å². The third-order valence-corrected chi connectivity index (χ3v) is 7.54. The normalized spacial score (nSPS) is 24.4. The molecule has 2 aromatic rings. The molecule has 8 heteroatoms. The van der Waals surface area contributed by atoms with Gasteiger partial charge in [-0.1, -0.05) is 42.6 Å². The molecule has 178 valence electrons. The summed E-state index contributed by atoms with van der Waals surface area (Å²) in [5.74, 6) is 0.0608. The first kappa shape index (κ1) is 22.7. The van der Waals surface area contributed by atoms with E-state index in [1.54, 1.807) is 12.1 Å². The molecule has 34 heavy (non-hydrogen) atoms. The first-order chi connectivity index (χ1) is 16.5. The third kappa shape index (κ3) is 4.49. The summed E-state index contributed by atoms with van der Waals surface area (Å²) in [4.78, 5) is 42.4. The summed E-state index contributed by atoms with van der Waals surface area (Å²) in [5, 5.41) is 6.27. The van der Waals surface area contributed by atoms with Gasteiger partial charge in [-0.25, -0.2) is 0 Å². The number of halogens is 1. The predicted molar refractivity (Wildman–Crippen MR) is 132 cm³/mol. The molecule has 3 atom stereocenters. The molecule has 2 aliphatic heterocycles. The molecular weight excluding hydrogens is 452 g/mol. The summed E-state index contributed by atoms with van der Waals surface area (Å²) in [7, 11) is 0. The standard InChI is InChI=1S/C26H29ClN4O3/c27-20-15-19(10-11-22(20)30-13-12-28-24(32)16-30)29-25(33)23-14-18-8-4-5-9-21(18)31(23)26(34)17-6-2-1-3-7-17/h1-3,6-7,10-11,15,18,21,23H,4-5,8-9,12-14,16H2,(H,28,32)(H,29,33). The number of rotatable bonds is 4. The van der Waals surface area contributed by atoms with E-state index in [1.807, 2.05) is 46.2 Å². The first-order valence-corrected chi connectivity index (χ1v) is 12.4. The minimum atomic E-state index is -0.509. The Labute approximate surface area is 204 Å². The van der Waals surface area contributed by atoms with Crippen molar-refractivity contribution in [2.75, 3.05) is 29.9 Å². The highest BCUT2D eigenvalue weighted by molar-refractivity contribution is 6.33. The van der Waals surface area contributed by atoms with Crippen LogP contribution in [-0.4, -0.2) is 54.3 Å². The number of hydrogen-bond donors (Lipinski definition) is 2. The molecule has 7 nitrogen and oxygen atoms in total. The topological polar surface area (TPSA) is 81.8 Å². The highest BCUT2D eigenvalue weighted by Gasteiger charge is 2.47. The molecule has 5 rings (SSSR count). The molecule has 0 spiro atoms. The van der Waals surface area contributed by atoms with Gasteiger partial charge in [0.25, 0.3) is 5.91 Å². The van der Waals surface area contributed by atoms with E-state index >= 15 is 0 Å². The molecule has 1 saturated carbocycles. The number of carbonyl (C=O) groups excluding carboxylic acids is 3. The van der Waals surface area contributed by atoms with Crippen molar-refractivity contribution < 1.29 is 14.4 Å². The van der Waals surface area contributed by atoms with Gasteiger partial charge in [-0.15, -0.1) is 0 Å². The molecule has 3 fully saturated rings. The summed E-state index contributed by atoms with van der Waals surface area (Å²) < 4.78 is 0. The predicted octanol–water partition coefficient (Wildman–Crippen LogP) is 3.69. The first-order valence-electron chi connectivity index (χ1n) is 12.0. The van der Waals surface area contributed by atoms with Crippen molar-refractivity contribution in [2.24, 2.45) is 5.92 Å². The molecule has 1 aliphatic carbocycles. The van der Waals surface area contributed by atoms with Crippen LogP contribution < -0.4 is 15.5 Å². The second kappa shape index (κ2) is 9.66. The average molecular weight is 481 g/mol. The number of nitrogens with one attached hydrogen (secondary N) is 2. The van der Waals surface area contributed by atoms with E-state index < -0.39 is 6.04 Å². The number of benzene rings is 2. The van der Waals surface area contributed by atoms with Gasteiger partial charge in [-0.2, -0.15) is 0 Å². The molecular formula is C26H29ClN4O3. The van der Waals surface area contributed by atoms with Crippen LogP contribution in [-0.2, 0) is 9.59 Å². The minimum Gasteiger partial charge on any atom is -0.359 e. The molecule has 2 saturated heterocycles. The largest absolute Gasteiger partial charge is 0.359 e. The fourth-order valence-corrected chi connectivity index (χ4v) is 5.93. The molecule has 2 aromatic carbocycles. The second-order valence-corrected chi connectivity index (χ2v) is 9.78. The van der Waals surface area contributed by atoms with Gasteiger partial charge in [-0.3, -0.25) is 14.4 Å². The molecule has 0 bridgehead atoms. The lowest BCUT2D eigenvalue weighted by atomic mass is 9.84. The summed E-state index contributed by atoms with van der Waals surface area (Å²) in [5.41, 5.74) is 1.97. The lowest BCUT2D eigenvalue weighted by Gasteiger charge is -2.33. The second-order valence-electron chi connectivity index (χ2n) is 9.37. The quantitative estimate of drug-likeness (QED) is 0.699. The number of likely N-dealkylation sites (tertiary alicyclic amines) is 1. The van der Waals surface area contributed by atoms with E-state index in [4.69, 9.17) is 11.6 Å². The Bertz CT molecular complexity index is 1090. The number of amides is 3. The van der Waals surface area contributed by atoms with Gasteiger partial charge in [0.1, 0.15) is 6.04 Å². The monoisotopic (exact) mass is 480 g/mol. The Hall–Kier alpha value is -3.06. The van der Waals surface area contributed by atoms with Crippen molar-refractivity contribution in [1.29, 1.82) is 0 Å². The van der Waals surface area contributed by atoms with E-state index in [0.717, 1.165) is 31.4 Å². The van der Waals surface area contributed by atoms with Crippen molar-refractivity contribution in [1.82, 2.24) is 10.2 Å². The SMILES string of the molecule is O=C1CN(c2ccc(NC(=O)C3CC4CCCCC4N3C(=O)c3ccccc3)cc2Cl)CCN1. The lowest BCUT2D eigenvalue weighted by molar-refractivity contribution is -0.121. The average Bonchev–Trinajstić information content (AvgIpc) is 3.24. The number of nitrogens with zero attached hydrogens (tertiary/aromatic N) is 2. The molecule has 0 aromatic heterocycles. The summed E-state index contributed by atoms with van der Waals surface area (Å²) >= 11 is 6.52. The van der Waals surface area contributed by atoms with E-state index in [1.165, 1.54) is 0 Å². The van der Waals surface area contributed by atoms with Gasteiger partial charge >= 0.3 is 0 Å². The van der Waals surface area contributed by atoms with Crippen LogP contribution in [0.25, 0.3) is 0 Å². The van der Waals surface area contributed by atoms with Crippen molar-refractivity contribution in [3.63, 3.8) is 0 Å². The van der Waals surface area contributed by atoms with Crippen molar-refractivity contribution >= 4 is 40.7 Å². The van der Waals surface area contributed by atoms with Gasteiger partial charge < -0.3 is 20.4 Å². The zero-order chi connectivity index (χ0) is 23.7. The van der Waals surface area contributed by atoms with Crippen LogP contribution in [0.2, 0.25) is 5.02 Å². The van der Waals surface area contributed by atoms with E-state index in [0.29, 0.717) is 41.7 Å². The van der Waals surface area contributed by atoms with Gasteiger partial charge in [0.2, 0.25) is 11.8 Å². The van der Waals surface area contributed by atoms with Crippen LogP contribution in [0, 0.1) is 5.92 Å². The van der Waals surface area contributed by atoms with Crippen molar-refractivity contribution in [3.05, 3.63) is 59.1 Å². The number of piperazine rings is 1. The Kier molecular flexibility index (Phi) is 6.46. The van der Waals surface area contributed by atoms with E-state index in [9.17, 15) is 14.4 Å². The van der Waals surface area contributed by atoms with Gasteiger partial charge in [0, 0.05) is 30.4 Å². The minimum absolute atomic E-state index is 0.0365. The summed E-state index contributed by atoms with van der Waals surface area (Å²) in [6.07, 6.45) is 4.91. The molecule has 0 radical (unpaired) electrons. The maximum absolute atomic E-state index is 13.5. The number of anilines is 2. The van der Waals surface area contributed by atoms with Gasteiger partial charge in [-0.05, 0) is 55.5 Å². The van der Waals surface area contributed by atoms with Crippen LogP contribution in [0.4, 0.5) is 11.4 Å². The van der Waals surface area contributed by atoms with Crippen molar-refractivity contribution in [3.8, 4) is 0 Å². The molecule has 3 amide bonds. The van der Waals surface area contributed by atoms with Crippen LogP contribution in [0.1, 0.15) is 42.5 Å². The molecule has 2 N–H and O–H groups in total. The summed E-state index contributed by atoms with van der Waals surface area (Å²) in [6.45, 7) is 1.51. The Balaban J connectivity index is 1.35. The van der Waals surface area contributed by atoms with Crippen LogP contribution in [0.15, 0.2) is 48.5 Å².